The summed E-state index contributed by atoms with van der Waals surface area (Å²) in [7, 11) is 0. The van der Waals surface area contributed by atoms with Crippen molar-refractivity contribution in [2.45, 2.75) is 12.8 Å². The van der Waals surface area contributed by atoms with Gasteiger partial charge < -0.3 is 0 Å². The molecule has 2 nitrogen and oxygen atoms in total. The maximum Gasteiger partial charge on any atom is 0.101 e. The lowest BCUT2D eigenvalue weighted by Crippen LogP contribution is -2.00. The molecular formula is C18H12N2S2. The maximum absolute atomic E-state index is 9.51. The van der Waals surface area contributed by atoms with Crippen LogP contribution in [0.5, 0.6) is 0 Å². The molecule has 0 aliphatic heterocycles. The molecule has 0 saturated heterocycles. The normalized spacial score (nSPS) is 10.1. The Balaban J connectivity index is 2.00. The molecule has 0 spiro atoms. The Kier molecular flexibility index (Phi) is 4.34. The molecule has 0 N–H and O–H groups in total. The lowest BCUT2D eigenvalue weighted by Gasteiger charge is -2.09. The Hall–Kier alpha value is -2.40. The van der Waals surface area contributed by atoms with Crippen LogP contribution in [0.15, 0.2) is 47.2 Å². The van der Waals surface area contributed by atoms with Crippen LogP contribution in [0.25, 0.3) is 0 Å². The molecule has 0 atom stereocenters. The molecule has 0 radical (unpaired) electrons. The van der Waals surface area contributed by atoms with Gasteiger partial charge in [0.2, 0.25) is 0 Å². The van der Waals surface area contributed by atoms with Gasteiger partial charge in [0, 0.05) is 22.6 Å². The Morgan fingerprint density at radius 2 is 1.18 bits per heavy atom. The van der Waals surface area contributed by atoms with Crippen molar-refractivity contribution in [3.8, 4) is 12.1 Å². The van der Waals surface area contributed by atoms with E-state index in [9.17, 15) is 10.5 Å². The standard InChI is InChI=1S/C18H12N2S2/c19-11-17-13(9-15-3-1-7-21-15)5-6-14(18(17)12-20)10-16-4-2-8-22-16/h1-8H,9-10H2. The Labute approximate surface area is 137 Å². The second-order valence-electron chi connectivity index (χ2n) is 4.87. The predicted octanol–water partition coefficient (Wildman–Crippen LogP) is 4.73. The van der Waals surface area contributed by atoms with E-state index < -0.39 is 0 Å². The molecule has 22 heavy (non-hydrogen) atoms. The van der Waals surface area contributed by atoms with E-state index in [-0.39, 0.29) is 0 Å². The Morgan fingerprint density at radius 3 is 1.50 bits per heavy atom. The third kappa shape index (κ3) is 2.94. The highest BCUT2D eigenvalue weighted by atomic mass is 32.1. The van der Waals surface area contributed by atoms with Crippen LogP contribution in [0.4, 0.5) is 0 Å². The van der Waals surface area contributed by atoms with Gasteiger partial charge in [-0.05, 0) is 34.0 Å². The van der Waals surface area contributed by atoms with Crippen LogP contribution in [-0.2, 0) is 12.8 Å². The fourth-order valence-corrected chi connectivity index (χ4v) is 3.90. The summed E-state index contributed by atoms with van der Waals surface area (Å²) in [6, 6.07) is 16.6. The summed E-state index contributed by atoms with van der Waals surface area (Å²) < 4.78 is 0. The number of rotatable bonds is 4. The van der Waals surface area contributed by atoms with Crippen LogP contribution in [0.1, 0.15) is 32.0 Å². The fraction of sp³-hybridized carbons (Fsp3) is 0.111. The van der Waals surface area contributed by atoms with E-state index >= 15 is 0 Å². The quantitative estimate of drug-likeness (QED) is 0.697. The molecule has 2 aromatic heterocycles. The fourth-order valence-electron chi connectivity index (χ4n) is 2.44. The predicted molar refractivity (Wildman–Crippen MR) is 90.1 cm³/mol. The van der Waals surface area contributed by atoms with Gasteiger partial charge in [-0.15, -0.1) is 22.7 Å². The summed E-state index contributed by atoms with van der Waals surface area (Å²) in [5, 5.41) is 23.1. The van der Waals surface area contributed by atoms with Gasteiger partial charge in [-0.2, -0.15) is 10.5 Å². The van der Waals surface area contributed by atoms with E-state index in [1.807, 2.05) is 35.0 Å². The van der Waals surface area contributed by atoms with Crippen molar-refractivity contribution in [3.05, 3.63) is 79.2 Å². The van der Waals surface area contributed by atoms with Gasteiger partial charge in [0.1, 0.15) is 12.1 Å². The summed E-state index contributed by atoms with van der Waals surface area (Å²) >= 11 is 3.34. The first-order valence-electron chi connectivity index (χ1n) is 6.81. The number of hydrogen-bond donors (Lipinski definition) is 0. The molecule has 3 aromatic rings. The summed E-state index contributed by atoms with van der Waals surface area (Å²) in [5.74, 6) is 0. The van der Waals surface area contributed by atoms with Crippen LogP contribution in [0.3, 0.4) is 0 Å². The van der Waals surface area contributed by atoms with E-state index in [4.69, 9.17) is 0 Å². The van der Waals surface area contributed by atoms with Gasteiger partial charge >= 0.3 is 0 Å². The van der Waals surface area contributed by atoms with Gasteiger partial charge in [-0.3, -0.25) is 0 Å². The second-order valence-corrected chi connectivity index (χ2v) is 6.93. The molecule has 0 unspecified atom stereocenters. The molecule has 0 bridgehead atoms. The van der Waals surface area contributed by atoms with Crippen molar-refractivity contribution in [2.24, 2.45) is 0 Å². The third-order valence-corrected chi connectivity index (χ3v) is 5.24. The second kappa shape index (κ2) is 6.58. The van der Waals surface area contributed by atoms with Crippen LogP contribution < -0.4 is 0 Å². The van der Waals surface area contributed by atoms with Gasteiger partial charge in [0.15, 0.2) is 0 Å². The first-order chi connectivity index (χ1) is 10.8. The summed E-state index contributed by atoms with van der Waals surface area (Å²) in [5.41, 5.74) is 2.89. The molecule has 106 valence electrons. The van der Waals surface area contributed by atoms with Gasteiger partial charge in [0.05, 0.1) is 11.1 Å². The van der Waals surface area contributed by atoms with Crippen LogP contribution >= 0.6 is 22.7 Å². The van der Waals surface area contributed by atoms with Gasteiger partial charge in [-0.25, -0.2) is 0 Å². The minimum atomic E-state index is 0.518. The minimum absolute atomic E-state index is 0.518. The molecule has 0 fully saturated rings. The van der Waals surface area contributed by atoms with Crippen LogP contribution in [0, 0.1) is 22.7 Å². The average molecular weight is 320 g/mol. The van der Waals surface area contributed by atoms with E-state index in [0.29, 0.717) is 24.0 Å². The highest BCUT2D eigenvalue weighted by molar-refractivity contribution is 7.10. The largest absolute Gasteiger partial charge is 0.192 e. The molecule has 3 rings (SSSR count). The van der Waals surface area contributed by atoms with E-state index in [1.165, 1.54) is 9.75 Å². The molecule has 0 aliphatic carbocycles. The SMILES string of the molecule is N#Cc1c(Cc2cccs2)ccc(Cc2cccs2)c1C#N. The molecule has 0 amide bonds. The lowest BCUT2D eigenvalue weighted by atomic mass is 9.93. The Morgan fingerprint density at radius 1 is 0.727 bits per heavy atom. The molecule has 2 heterocycles. The van der Waals surface area contributed by atoms with E-state index in [1.54, 1.807) is 22.7 Å². The number of benzene rings is 1. The summed E-state index contributed by atoms with van der Waals surface area (Å²) in [6.07, 6.45) is 1.41. The van der Waals surface area contributed by atoms with Crippen LogP contribution in [-0.4, -0.2) is 0 Å². The topological polar surface area (TPSA) is 47.6 Å². The first kappa shape index (κ1) is 14.5. The van der Waals surface area contributed by atoms with Crippen molar-refractivity contribution in [2.75, 3.05) is 0 Å². The zero-order valence-corrected chi connectivity index (χ0v) is 13.4. The van der Waals surface area contributed by atoms with Crippen molar-refractivity contribution in [3.63, 3.8) is 0 Å². The molecule has 0 saturated carbocycles. The van der Waals surface area contributed by atoms with Gasteiger partial charge in [-0.1, -0.05) is 24.3 Å². The summed E-state index contributed by atoms with van der Waals surface area (Å²) in [6.45, 7) is 0. The molecule has 4 heteroatoms. The molecular weight excluding hydrogens is 308 g/mol. The zero-order valence-electron chi connectivity index (χ0n) is 11.7. The zero-order chi connectivity index (χ0) is 15.4. The molecule has 0 aliphatic rings. The highest BCUT2D eigenvalue weighted by Gasteiger charge is 2.14. The van der Waals surface area contributed by atoms with Crippen molar-refractivity contribution in [1.82, 2.24) is 0 Å². The maximum atomic E-state index is 9.51. The first-order valence-corrected chi connectivity index (χ1v) is 8.57. The number of hydrogen-bond acceptors (Lipinski definition) is 4. The smallest absolute Gasteiger partial charge is 0.101 e. The molecule has 1 aromatic carbocycles. The lowest BCUT2D eigenvalue weighted by molar-refractivity contribution is 1.16. The van der Waals surface area contributed by atoms with Crippen LogP contribution in [0.2, 0.25) is 0 Å². The summed E-state index contributed by atoms with van der Waals surface area (Å²) in [4.78, 5) is 2.40. The van der Waals surface area contributed by atoms with Crippen molar-refractivity contribution < 1.29 is 0 Å². The van der Waals surface area contributed by atoms with Crippen molar-refractivity contribution >= 4 is 22.7 Å². The van der Waals surface area contributed by atoms with E-state index in [2.05, 4.69) is 24.3 Å². The van der Waals surface area contributed by atoms with Gasteiger partial charge in [0.25, 0.3) is 0 Å². The Bertz CT molecular complexity index is 775. The van der Waals surface area contributed by atoms with E-state index in [0.717, 1.165) is 11.1 Å². The number of nitrogens with zero attached hydrogens (tertiary/aromatic N) is 2. The monoisotopic (exact) mass is 320 g/mol. The third-order valence-electron chi connectivity index (χ3n) is 3.49. The minimum Gasteiger partial charge on any atom is -0.192 e. The van der Waals surface area contributed by atoms with Crippen molar-refractivity contribution in [1.29, 1.82) is 10.5 Å². The average Bonchev–Trinajstić information content (AvgIpc) is 3.21. The number of thiophene rings is 2. The highest BCUT2D eigenvalue weighted by Crippen LogP contribution is 2.25. The number of nitriles is 2.